The normalized spacial score (nSPS) is 28.5. The van der Waals surface area contributed by atoms with E-state index in [-0.39, 0.29) is 17.9 Å². The van der Waals surface area contributed by atoms with Crippen LogP contribution >= 0.6 is 0 Å². The third kappa shape index (κ3) is 2.74. The predicted molar refractivity (Wildman–Crippen MR) is 82.7 cm³/mol. The van der Waals surface area contributed by atoms with Crippen molar-refractivity contribution in [3.63, 3.8) is 0 Å². The number of hydrogen-bond acceptors (Lipinski definition) is 3. The molecule has 4 nitrogen and oxygen atoms in total. The topological polar surface area (TPSA) is 46.6 Å². The number of benzene rings is 1. The number of halogens is 1. The van der Waals surface area contributed by atoms with Crippen molar-refractivity contribution in [1.29, 1.82) is 0 Å². The van der Waals surface area contributed by atoms with E-state index in [1.807, 2.05) is 0 Å². The van der Waals surface area contributed by atoms with Crippen molar-refractivity contribution in [2.75, 3.05) is 6.61 Å². The Morgan fingerprint density at radius 3 is 2.59 bits per heavy atom. The molecular formula is C16H22FNO3S. The Labute approximate surface area is 131 Å². The van der Waals surface area contributed by atoms with Crippen LogP contribution in [0.15, 0.2) is 24.3 Å². The summed E-state index contributed by atoms with van der Waals surface area (Å²) in [6.45, 7) is 3.77. The van der Waals surface area contributed by atoms with Crippen LogP contribution in [-0.4, -0.2) is 36.7 Å². The molecule has 6 heteroatoms. The largest absolute Gasteiger partial charge is 0.492 e. The molecule has 2 bridgehead atoms. The average Bonchev–Trinajstić information content (AvgIpc) is 3.07. The van der Waals surface area contributed by atoms with E-state index in [0.717, 1.165) is 19.3 Å². The van der Waals surface area contributed by atoms with Gasteiger partial charge in [0.25, 0.3) is 0 Å². The van der Waals surface area contributed by atoms with Gasteiger partial charge in [0, 0.05) is 6.04 Å². The molecule has 1 aromatic rings. The van der Waals surface area contributed by atoms with Gasteiger partial charge in [0.1, 0.15) is 18.2 Å². The Bertz CT molecular complexity index is 629. The van der Waals surface area contributed by atoms with E-state index < -0.39 is 15.3 Å². The fourth-order valence-electron chi connectivity index (χ4n) is 3.61. The van der Waals surface area contributed by atoms with Crippen LogP contribution in [0.3, 0.4) is 0 Å². The molecule has 1 heterocycles. The Hall–Kier alpha value is -1.14. The molecule has 0 amide bonds. The Balaban J connectivity index is 1.75. The van der Waals surface area contributed by atoms with Gasteiger partial charge in [-0.1, -0.05) is 0 Å². The molecule has 2 aliphatic rings. The van der Waals surface area contributed by atoms with Crippen molar-refractivity contribution in [3.8, 4) is 5.75 Å². The highest BCUT2D eigenvalue weighted by molar-refractivity contribution is 7.89. The maximum absolute atomic E-state index is 12.9. The standard InChI is InChI=1S/C16H22FNO3S/c1-11(2)22(19,20)18-14-6-3-12(9-14)16(18)10-21-15-7-4-13(17)5-8-15/h4-5,7-8,11-12,14,16H,3,6,9-10H2,1-2H3/t12-,14-,16-/m0/s1. The minimum atomic E-state index is -3.27. The fraction of sp³-hybridized carbons (Fsp3) is 0.625. The number of hydrogen-bond donors (Lipinski definition) is 0. The summed E-state index contributed by atoms with van der Waals surface area (Å²) in [4.78, 5) is 0. The first-order valence-corrected chi connectivity index (χ1v) is 9.30. The number of fused-ring (bicyclic) bond motifs is 2. The van der Waals surface area contributed by atoms with Gasteiger partial charge in [0.05, 0.1) is 11.3 Å². The summed E-state index contributed by atoms with van der Waals surface area (Å²) >= 11 is 0. The van der Waals surface area contributed by atoms with Crippen LogP contribution in [0.4, 0.5) is 4.39 Å². The molecule has 1 saturated heterocycles. The van der Waals surface area contributed by atoms with Gasteiger partial charge in [-0.3, -0.25) is 0 Å². The van der Waals surface area contributed by atoms with Crippen molar-refractivity contribution in [3.05, 3.63) is 30.1 Å². The highest BCUT2D eigenvalue weighted by Gasteiger charge is 2.51. The molecule has 3 atom stereocenters. The molecule has 0 aromatic heterocycles. The zero-order valence-electron chi connectivity index (χ0n) is 12.9. The zero-order valence-corrected chi connectivity index (χ0v) is 13.7. The summed E-state index contributed by atoms with van der Waals surface area (Å²) in [7, 11) is -3.27. The van der Waals surface area contributed by atoms with Crippen LogP contribution in [0.5, 0.6) is 5.75 Å². The minimum absolute atomic E-state index is 0.101. The van der Waals surface area contributed by atoms with Crippen molar-refractivity contribution >= 4 is 10.0 Å². The number of ether oxygens (including phenoxy) is 1. The van der Waals surface area contributed by atoms with Crippen LogP contribution in [-0.2, 0) is 10.0 Å². The van der Waals surface area contributed by atoms with Gasteiger partial charge in [0.15, 0.2) is 0 Å². The first-order valence-electron chi connectivity index (χ1n) is 7.80. The maximum atomic E-state index is 12.9. The van der Waals surface area contributed by atoms with E-state index in [0.29, 0.717) is 18.3 Å². The summed E-state index contributed by atoms with van der Waals surface area (Å²) in [5.41, 5.74) is 0. The van der Waals surface area contributed by atoms with Crippen molar-refractivity contribution in [2.24, 2.45) is 5.92 Å². The predicted octanol–water partition coefficient (Wildman–Crippen LogP) is 2.80. The first-order chi connectivity index (χ1) is 10.4. The van der Waals surface area contributed by atoms with E-state index in [9.17, 15) is 12.8 Å². The van der Waals surface area contributed by atoms with Crippen molar-refractivity contribution in [1.82, 2.24) is 4.31 Å². The van der Waals surface area contributed by atoms with Gasteiger partial charge in [0.2, 0.25) is 10.0 Å². The monoisotopic (exact) mass is 327 g/mol. The number of piperidine rings is 1. The molecule has 1 aliphatic heterocycles. The third-order valence-electron chi connectivity index (χ3n) is 4.80. The number of sulfonamides is 1. The minimum Gasteiger partial charge on any atom is -0.492 e. The summed E-state index contributed by atoms with van der Waals surface area (Å²) < 4.78 is 45.6. The summed E-state index contributed by atoms with van der Waals surface area (Å²) in [5.74, 6) is 0.640. The first kappa shape index (κ1) is 15.7. The third-order valence-corrected chi connectivity index (χ3v) is 7.15. The summed E-state index contributed by atoms with van der Waals surface area (Å²) in [5, 5.41) is -0.417. The van der Waals surface area contributed by atoms with Gasteiger partial charge in [-0.25, -0.2) is 12.8 Å². The lowest BCUT2D eigenvalue weighted by molar-refractivity contribution is 0.161. The van der Waals surface area contributed by atoms with Crippen LogP contribution in [0.25, 0.3) is 0 Å². The summed E-state index contributed by atoms with van der Waals surface area (Å²) in [6.07, 6.45) is 2.94. The molecule has 1 saturated carbocycles. The Morgan fingerprint density at radius 2 is 1.95 bits per heavy atom. The van der Waals surface area contributed by atoms with E-state index in [2.05, 4.69) is 0 Å². The zero-order chi connectivity index (χ0) is 15.9. The maximum Gasteiger partial charge on any atom is 0.217 e. The van der Waals surface area contributed by atoms with Gasteiger partial charge >= 0.3 is 0 Å². The smallest absolute Gasteiger partial charge is 0.217 e. The lowest BCUT2D eigenvalue weighted by Gasteiger charge is -2.35. The molecule has 122 valence electrons. The highest BCUT2D eigenvalue weighted by Crippen LogP contribution is 2.44. The highest BCUT2D eigenvalue weighted by atomic mass is 32.2. The lowest BCUT2D eigenvalue weighted by Crippen LogP contribution is -2.50. The molecule has 22 heavy (non-hydrogen) atoms. The van der Waals surface area contributed by atoms with E-state index in [1.54, 1.807) is 30.3 Å². The fourth-order valence-corrected chi connectivity index (χ4v) is 5.32. The molecule has 0 unspecified atom stereocenters. The Morgan fingerprint density at radius 1 is 1.27 bits per heavy atom. The molecule has 0 spiro atoms. The van der Waals surface area contributed by atoms with Gasteiger partial charge in [-0.2, -0.15) is 4.31 Å². The van der Waals surface area contributed by atoms with Gasteiger partial charge in [-0.15, -0.1) is 0 Å². The second-order valence-corrected chi connectivity index (χ2v) is 8.88. The molecule has 3 rings (SSSR count). The lowest BCUT2D eigenvalue weighted by atomic mass is 10.0. The molecule has 1 aliphatic carbocycles. The number of rotatable bonds is 5. The van der Waals surface area contributed by atoms with E-state index in [1.165, 1.54) is 12.1 Å². The molecule has 2 fully saturated rings. The van der Waals surface area contributed by atoms with Gasteiger partial charge in [-0.05, 0) is 63.3 Å². The SMILES string of the molecule is CC(C)S(=O)(=O)N1[C@H]2CC[C@@H](C2)[C@@H]1COc1ccc(F)cc1. The average molecular weight is 327 g/mol. The van der Waals surface area contributed by atoms with Crippen LogP contribution in [0.2, 0.25) is 0 Å². The summed E-state index contributed by atoms with van der Waals surface area (Å²) in [6, 6.07) is 5.86. The second kappa shape index (κ2) is 5.81. The molecule has 0 radical (unpaired) electrons. The molecular weight excluding hydrogens is 305 g/mol. The van der Waals surface area contributed by atoms with Gasteiger partial charge < -0.3 is 4.74 Å². The molecule has 1 aromatic carbocycles. The van der Waals surface area contributed by atoms with Crippen LogP contribution < -0.4 is 4.74 Å². The van der Waals surface area contributed by atoms with Crippen molar-refractivity contribution in [2.45, 2.75) is 50.4 Å². The quantitative estimate of drug-likeness (QED) is 0.835. The van der Waals surface area contributed by atoms with E-state index in [4.69, 9.17) is 4.74 Å². The Kier molecular flexibility index (Phi) is 4.16. The number of nitrogens with zero attached hydrogens (tertiary/aromatic N) is 1. The van der Waals surface area contributed by atoms with E-state index >= 15 is 0 Å². The van der Waals surface area contributed by atoms with Crippen LogP contribution in [0.1, 0.15) is 33.1 Å². The second-order valence-electron chi connectivity index (χ2n) is 6.48. The van der Waals surface area contributed by atoms with Crippen LogP contribution in [0, 0.1) is 11.7 Å². The van der Waals surface area contributed by atoms with Crippen molar-refractivity contribution < 1.29 is 17.5 Å². The molecule has 0 N–H and O–H groups in total.